The van der Waals surface area contributed by atoms with Crippen LogP contribution < -0.4 is 20.5 Å². The van der Waals surface area contributed by atoms with Gasteiger partial charge in [0.2, 0.25) is 15.9 Å². The molecule has 4 rings (SSSR count). The summed E-state index contributed by atoms with van der Waals surface area (Å²) in [4.78, 5) is 24.5. The van der Waals surface area contributed by atoms with Crippen molar-refractivity contribution >= 4 is 27.5 Å². The molecule has 2 aromatic carbocycles. The van der Waals surface area contributed by atoms with E-state index in [1.165, 1.54) is 24.3 Å². The highest BCUT2D eigenvalue weighted by Crippen LogP contribution is 2.32. The number of sulfonamides is 1. The van der Waals surface area contributed by atoms with E-state index in [1.54, 1.807) is 18.2 Å². The van der Waals surface area contributed by atoms with Gasteiger partial charge in [0, 0.05) is 30.3 Å². The Morgan fingerprint density at radius 3 is 2.56 bits per heavy atom. The summed E-state index contributed by atoms with van der Waals surface area (Å²) in [7, 11) is -3.99. The van der Waals surface area contributed by atoms with Crippen molar-refractivity contribution in [2.45, 2.75) is 36.6 Å². The third kappa shape index (κ3) is 4.56. The van der Waals surface area contributed by atoms with Gasteiger partial charge in [0.25, 0.3) is 5.91 Å². The number of hydrogen-bond donors (Lipinski definition) is 2. The van der Waals surface area contributed by atoms with E-state index in [2.05, 4.69) is 5.32 Å². The van der Waals surface area contributed by atoms with Gasteiger partial charge in [0.15, 0.2) is 11.5 Å². The van der Waals surface area contributed by atoms with Gasteiger partial charge in [-0.2, -0.15) is 4.31 Å². The summed E-state index contributed by atoms with van der Waals surface area (Å²) in [5.74, 6) is 0.0107. The molecule has 0 aliphatic carbocycles. The largest absolute Gasteiger partial charge is 0.490 e. The maximum atomic E-state index is 13.2. The fraction of sp³-hybridized carbons (Fsp3) is 0.364. The molecule has 9 nitrogen and oxygen atoms in total. The van der Waals surface area contributed by atoms with Crippen molar-refractivity contribution in [3.8, 4) is 11.5 Å². The summed E-state index contributed by atoms with van der Waals surface area (Å²) < 4.78 is 38.7. The lowest BCUT2D eigenvalue weighted by atomic mass is 10.0. The molecule has 2 aromatic rings. The lowest BCUT2D eigenvalue weighted by molar-refractivity contribution is -0.122. The molecule has 2 amide bonds. The summed E-state index contributed by atoms with van der Waals surface area (Å²) in [6, 6.07) is 9.94. The van der Waals surface area contributed by atoms with Crippen LogP contribution in [0.1, 0.15) is 36.0 Å². The highest BCUT2D eigenvalue weighted by molar-refractivity contribution is 7.89. The molecule has 0 radical (unpaired) electrons. The first kappa shape index (κ1) is 22.1. The van der Waals surface area contributed by atoms with Crippen LogP contribution in [0.25, 0.3) is 0 Å². The Hall–Kier alpha value is -3.11. The van der Waals surface area contributed by atoms with Crippen LogP contribution in [-0.2, 0) is 14.8 Å². The minimum Gasteiger partial charge on any atom is -0.490 e. The summed E-state index contributed by atoms with van der Waals surface area (Å²) in [5.41, 5.74) is 6.10. The number of primary amides is 1. The minimum absolute atomic E-state index is 0.0584. The van der Waals surface area contributed by atoms with Gasteiger partial charge in [-0.05, 0) is 43.2 Å². The van der Waals surface area contributed by atoms with Gasteiger partial charge in [0.05, 0.1) is 18.1 Å². The summed E-state index contributed by atoms with van der Waals surface area (Å²) in [6.07, 6.45) is 2.54. The monoisotopic (exact) mass is 459 g/mol. The second kappa shape index (κ2) is 9.17. The molecule has 0 bridgehead atoms. The first-order valence-electron chi connectivity index (χ1n) is 10.5. The van der Waals surface area contributed by atoms with Gasteiger partial charge in [-0.3, -0.25) is 9.59 Å². The van der Waals surface area contributed by atoms with Crippen molar-refractivity contribution in [1.82, 2.24) is 4.31 Å². The number of anilines is 1. The molecule has 0 spiro atoms. The Labute approximate surface area is 186 Å². The molecule has 10 heteroatoms. The van der Waals surface area contributed by atoms with Crippen molar-refractivity contribution in [3.05, 3.63) is 48.0 Å². The number of fused-ring (bicyclic) bond motifs is 1. The Balaban J connectivity index is 1.55. The summed E-state index contributed by atoms with van der Waals surface area (Å²) in [6.45, 7) is 1.30. The number of ether oxygens (including phenoxy) is 2. The van der Waals surface area contributed by atoms with Crippen molar-refractivity contribution in [2.75, 3.05) is 25.1 Å². The molecule has 2 aliphatic heterocycles. The maximum absolute atomic E-state index is 13.2. The van der Waals surface area contributed by atoms with E-state index in [0.29, 0.717) is 43.2 Å². The number of carbonyl (C=O) groups excluding carboxylic acids is 2. The normalized spacial score (nSPS) is 19.1. The van der Waals surface area contributed by atoms with Crippen LogP contribution in [0.3, 0.4) is 0 Å². The predicted octanol–water partition coefficient (Wildman–Crippen LogP) is 2.13. The van der Waals surface area contributed by atoms with Crippen molar-refractivity contribution in [3.63, 3.8) is 0 Å². The second-order valence-corrected chi connectivity index (χ2v) is 9.61. The molecule has 0 saturated carbocycles. The molecular weight excluding hydrogens is 434 g/mol. The average molecular weight is 460 g/mol. The van der Waals surface area contributed by atoms with Gasteiger partial charge >= 0.3 is 0 Å². The van der Waals surface area contributed by atoms with Crippen LogP contribution >= 0.6 is 0 Å². The highest BCUT2D eigenvalue weighted by Gasteiger charge is 2.36. The number of amides is 2. The maximum Gasteiger partial charge on any atom is 0.255 e. The quantitative estimate of drug-likeness (QED) is 0.705. The van der Waals surface area contributed by atoms with Gasteiger partial charge < -0.3 is 20.5 Å². The molecule has 1 fully saturated rings. The number of nitrogens with one attached hydrogen (secondary N) is 1. The van der Waals surface area contributed by atoms with E-state index in [1.807, 2.05) is 0 Å². The van der Waals surface area contributed by atoms with E-state index in [9.17, 15) is 18.0 Å². The lowest BCUT2D eigenvalue weighted by Gasteiger charge is -2.32. The van der Waals surface area contributed by atoms with E-state index in [4.69, 9.17) is 15.2 Å². The standard InChI is InChI=1S/C22H25N3O6S/c23-21(26)18-7-1-2-10-25(18)32(28,29)17-6-3-5-15(13-17)22(27)24-16-8-9-19-20(14-16)31-12-4-11-30-19/h3,5-6,8-9,13-14,18H,1-2,4,7,10-12H2,(H2,23,26)(H,24,27). The molecule has 1 atom stereocenters. The topological polar surface area (TPSA) is 128 Å². The Kier molecular flexibility index (Phi) is 6.33. The smallest absolute Gasteiger partial charge is 0.255 e. The molecular formula is C22H25N3O6S. The molecule has 3 N–H and O–H groups in total. The molecule has 2 heterocycles. The first-order valence-corrected chi connectivity index (χ1v) is 11.9. The van der Waals surface area contributed by atoms with E-state index in [-0.39, 0.29) is 17.0 Å². The zero-order valence-electron chi connectivity index (χ0n) is 17.5. The van der Waals surface area contributed by atoms with Crippen molar-refractivity contribution < 1.29 is 27.5 Å². The van der Waals surface area contributed by atoms with Crippen LogP contribution in [0.2, 0.25) is 0 Å². The van der Waals surface area contributed by atoms with Crippen LogP contribution in [0, 0.1) is 0 Å². The molecule has 2 aliphatic rings. The number of nitrogens with two attached hydrogens (primary N) is 1. The van der Waals surface area contributed by atoms with Crippen molar-refractivity contribution in [2.24, 2.45) is 5.73 Å². The molecule has 1 unspecified atom stereocenters. The third-order valence-electron chi connectivity index (χ3n) is 5.49. The fourth-order valence-corrected chi connectivity index (χ4v) is 5.57. The lowest BCUT2D eigenvalue weighted by Crippen LogP contribution is -2.50. The first-order chi connectivity index (χ1) is 15.4. The van der Waals surface area contributed by atoms with E-state index >= 15 is 0 Å². The molecule has 0 aromatic heterocycles. The zero-order chi connectivity index (χ0) is 22.7. The molecule has 32 heavy (non-hydrogen) atoms. The predicted molar refractivity (Wildman–Crippen MR) is 117 cm³/mol. The second-order valence-electron chi connectivity index (χ2n) is 7.72. The number of piperidine rings is 1. The summed E-state index contributed by atoms with van der Waals surface area (Å²) in [5, 5.41) is 2.76. The SMILES string of the molecule is NC(=O)C1CCCCN1S(=O)(=O)c1cccc(C(=O)Nc2ccc3c(c2)OCCCO3)c1. The average Bonchev–Trinajstić information content (AvgIpc) is 3.04. The highest BCUT2D eigenvalue weighted by atomic mass is 32.2. The third-order valence-corrected chi connectivity index (χ3v) is 7.39. The number of carbonyl (C=O) groups is 2. The molecule has 1 saturated heterocycles. The van der Waals surface area contributed by atoms with Crippen LogP contribution in [0.5, 0.6) is 11.5 Å². The van der Waals surface area contributed by atoms with Crippen LogP contribution in [0.15, 0.2) is 47.4 Å². The van der Waals surface area contributed by atoms with Crippen LogP contribution in [0.4, 0.5) is 5.69 Å². The Morgan fingerprint density at radius 2 is 1.78 bits per heavy atom. The number of benzene rings is 2. The zero-order valence-corrected chi connectivity index (χ0v) is 18.3. The van der Waals surface area contributed by atoms with Crippen LogP contribution in [-0.4, -0.2) is 50.3 Å². The number of hydrogen-bond acceptors (Lipinski definition) is 6. The Morgan fingerprint density at radius 1 is 1.00 bits per heavy atom. The number of rotatable bonds is 5. The fourth-order valence-electron chi connectivity index (χ4n) is 3.85. The minimum atomic E-state index is -3.99. The number of nitrogens with zero attached hydrogens (tertiary/aromatic N) is 1. The van der Waals surface area contributed by atoms with E-state index < -0.39 is 27.9 Å². The van der Waals surface area contributed by atoms with Gasteiger partial charge in [0.1, 0.15) is 6.04 Å². The Bertz CT molecular complexity index is 1130. The molecule has 170 valence electrons. The van der Waals surface area contributed by atoms with Crippen molar-refractivity contribution in [1.29, 1.82) is 0 Å². The van der Waals surface area contributed by atoms with Gasteiger partial charge in [-0.25, -0.2) is 8.42 Å². The summed E-state index contributed by atoms with van der Waals surface area (Å²) >= 11 is 0. The van der Waals surface area contributed by atoms with E-state index in [0.717, 1.165) is 17.1 Å². The van der Waals surface area contributed by atoms with Gasteiger partial charge in [-0.15, -0.1) is 0 Å². The van der Waals surface area contributed by atoms with Gasteiger partial charge in [-0.1, -0.05) is 12.5 Å².